The topological polar surface area (TPSA) is 0 Å². The van der Waals surface area contributed by atoms with Crippen molar-refractivity contribution in [3.63, 3.8) is 0 Å². The van der Waals surface area contributed by atoms with Crippen LogP contribution < -0.4 is 0 Å². The van der Waals surface area contributed by atoms with Gasteiger partial charge in [0.1, 0.15) is 0 Å². The van der Waals surface area contributed by atoms with Gasteiger partial charge in [0.15, 0.2) is 0 Å². The van der Waals surface area contributed by atoms with Crippen LogP contribution in [0.15, 0.2) is 42.5 Å². The van der Waals surface area contributed by atoms with E-state index in [1.54, 1.807) is 12.1 Å². The maximum Gasteiger partial charge on any atom is 0.416 e. The molecule has 0 bridgehead atoms. The molecule has 0 aliphatic carbocycles. The van der Waals surface area contributed by atoms with Crippen LogP contribution in [0.2, 0.25) is 0 Å². The van der Waals surface area contributed by atoms with Crippen molar-refractivity contribution in [1.82, 2.24) is 0 Å². The minimum atomic E-state index is -4.34. The highest BCUT2D eigenvalue weighted by atomic mass is 19.4. The van der Waals surface area contributed by atoms with Crippen LogP contribution in [0.4, 0.5) is 13.2 Å². The summed E-state index contributed by atoms with van der Waals surface area (Å²) in [5.41, 5.74) is 1.61. The number of rotatable bonds is 1. The molecular weight excluding hydrogens is 285 g/mol. The zero-order chi connectivity index (χ0) is 16.1. The molecule has 0 N–H and O–H groups in total. The number of hydrogen-bond acceptors (Lipinski definition) is 0. The lowest BCUT2D eigenvalue weighted by Gasteiger charge is -2.03. The highest BCUT2D eigenvalue weighted by molar-refractivity contribution is 6.12. The second-order valence-electron chi connectivity index (χ2n) is 6.09. The average Bonchev–Trinajstić information content (AvgIpc) is 2.57. The zero-order valence-electron chi connectivity index (χ0n) is 12.8. The van der Waals surface area contributed by atoms with Crippen LogP contribution in [0.25, 0.3) is 21.5 Å². The van der Waals surface area contributed by atoms with Crippen molar-refractivity contribution in [2.24, 2.45) is 0 Å². The Labute approximate surface area is 127 Å². The molecule has 3 rings (SSSR count). The standard InChI is InChI=1S/C19H17F3/c1-11(2)13-4-5-15-9-16(19(20,21)22)7-6-14-8-12(3)17(10-13)18(14)15/h4-11H,1-3H3. The van der Waals surface area contributed by atoms with Crippen LogP contribution >= 0.6 is 0 Å². The van der Waals surface area contributed by atoms with E-state index in [1.807, 2.05) is 19.1 Å². The van der Waals surface area contributed by atoms with Crippen molar-refractivity contribution in [2.75, 3.05) is 0 Å². The van der Waals surface area contributed by atoms with Crippen molar-refractivity contribution < 1.29 is 13.2 Å². The molecule has 0 saturated carbocycles. The van der Waals surface area contributed by atoms with Crippen molar-refractivity contribution in [1.29, 1.82) is 0 Å². The molecule has 0 saturated heterocycles. The van der Waals surface area contributed by atoms with Gasteiger partial charge < -0.3 is 0 Å². The van der Waals surface area contributed by atoms with E-state index in [1.165, 1.54) is 6.07 Å². The third-order valence-electron chi connectivity index (χ3n) is 4.16. The van der Waals surface area contributed by atoms with Gasteiger partial charge in [-0.3, -0.25) is 0 Å². The molecule has 0 unspecified atom stereocenters. The van der Waals surface area contributed by atoms with Gasteiger partial charge in [0, 0.05) is 0 Å². The van der Waals surface area contributed by atoms with Gasteiger partial charge in [0.05, 0.1) is 5.56 Å². The Bertz CT molecular complexity index is 858. The van der Waals surface area contributed by atoms with E-state index in [-0.39, 0.29) is 0 Å². The third kappa shape index (κ3) is 2.45. The number of aryl methyl sites for hydroxylation is 1. The Morgan fingerprint density at radius 2 is 1.50 bits per heavy atom. The van der Waals surface area contributed by atoms with E-state index in [0.717, 1.165) is 33.4 Å². The normalized spacial score (nSPS) is 12.5. The molecule has 0 aromatic heterocycles. The molecule has 0 heterocycles. The molecule has 0 nitrogen and oxygen atoms in total. The summed E-state index contributed by atoms with van der Waals surface area (Å²) in [6, 6.07) is 11.8. The predicted octanol–water partition coefficient (Wildman–Crippen LogP) is 6.44. The molecule has 0 fully saturated rings. The summed E-state index contributed by atoms with van der Waals surface area (Å²) in [4.78, 5) is 0. The summed E-state index contributed by atoms with van der Waals surface area (Å²) < 4.78 is 39.3. The summed E-state index contributed by atoms with van der Waals surface area (Å²) in [5.74, 6) is 0.325. The summed E-state index contributed by atoms with van der Waals surface area (Å²) >= 11 is 0. The zero-order valence-corrected chi connectivity index (χ0v) is 12.8. The van der Waals surface area contributed by atoms with E-state index in [0.29, 0.717) is 11.3 Å². The molecule has 0 radical (unpaired) electrons. The van der Waals surface area contributed by atoms with Crippen LogP contribution in [-0.4, -0.2) is 0 Å². The first-order valence-corrected chi connectivity index (χ1v) is 7.31. The number of halogens is 3. The van der Waals surface area contributed by atoms with Crippen LogP contribution in [0.1, 0.15) is 36.5 Å². The Balaban J connectivity index is 2.49. The van der Waals surface area contributed by atoms with Crippen molar-refractivity contribution in [3.8, 4) is 0 Å². The van der Waals surface area contributed by atoms with Crippen molar-refractivity contribution >= 4 is 21.5 Å². The first kappa shape index (κ1) is 14.9. The lowest BCUT2D eigenvalue weighted by Crippen LogP contribution is -2.02. The van der Waals surface area contributed by atoms with Crippen molar-refractivity contribution in [2.45, 2.75) is 32.9 Å². The lowest BCUT2D eigenvalue weighted by molar-refractivity contribution is -0.137. The van der Waals surface area contributed by atoms with E-state index < -0.39 is 11.7 Å². The second-order valence-corrected chi connectivity index (χ2v) is 6.09. The Hall–Kier alpha value is -2.03. The predicted molar refractivity (Wildman–Crippen MR) is 85.3 cm³/mol. The molecule has 0 amide bonds. The Morgan fingerprint density at radius 1 is 0.864 bits per heavy atom. The van der Waals surface area contributed by atoms with Gasteiger partial charge in [-0.2, -0.15) is 13.2 Å². The molecule has 3 aromatic carbocycles. The van der Waals surface area contributed by atoms with Gasteiger partial charge in [-0.25, -0.2) is 0 Å². The molecule has 0 aliphatic rings. The second kappa shape index (κ2) is 5.01. The van der Waals surface area contributed by atoms with Crippen LogP contribution in [0.5, 0.6) is 0 Å². The molecule has 3 heteroatoms. The first-order valence-electron chi connectivity index (χ1n) is 7.31. The van der Waals surface area contributed by atoms with Crippen LogP contribution in [0, 0.1) is 6.92 Å². The largest absolute Gasteiger partial charge is 0.416 e. The van der Waals surface area contributed by atoms with E-state index in [2.05, 4.69) is 19.9 Å². The van der Waals surface area contributed by atoms with Gasteiger partial charge >= 0.3 is 6.18 Å². The maximum absolute atomic E-state index is 13.1. The van der Waals surface area contributed by atoms with E-state index >= 15 is 0 Å². The monoisotopic (exact) mass is 302 g/mol. The molecule has 0 aliphatic heterocycles. The summed E-state index contributed by atoms with van der Waals surface area (Å²) in [6.45, 7) is 6.18. The first-order chi connectivity index (χ1) is 10.3. The minimum absolute atomic E-state index is 0.325. The quantitative estimate of drug-likeness (QED) is 0.485. The van der Waals surface area contributed by atoms with Crippen LogP contribution in [0.3, 0.4) is 0 Å². The minimum Gasteiger partial charge on any atom is -0.166 e. The molecule has 0 atom stereocenters. The lowest BCUT2D eigenvalue weighted by atomic mass is 10.0. The fraction of sp³-hybridized carbons (Fsp3) is 0.263. The van der Waals surface area contributed by atoms with Gasteiger partial charge in [-0.15, -0.1) is 0 Å². The van der Waals surface area contributed by atoms with Crippen LogP contribution in [-0.2, 0) is 6.18 Å². The Kier molecular flexibility index (Phi) is 3.39. The molecule has 3 aromatic rings. The van der Waals surface area contributed by atoms with E-state index in [4.69, 9.17) is 0 Å². The molecule has 22 heavy (non-hydrogen) atoms. The average molecular weight is 302 g/mol. The smallest absolute Gasteiger partial charge is 0.166 e. The molecule has 114 valence electrons. The van der Waals surface area contributed by atoms with Gasteiger partial charge in [0.25, 0.3) is 0 Å². The highest BCUT2D eigenvalue weighted by Gasteiger charge is 2.30. The summed E-state index contributed by atoms with van der Waals surface area (Å²) in [5, 5.41) is 3.41. The SMILES string of the molecule is Cc1cc2ccc(C(F)(F)F)cc3ccc(C(C)C)cc1c32. The number of alkyl halides is 3. The van der Waals surface area contributed by atoms with Gasteiger partial charge in [-0.1, -0.05) is 44.2 Å². The van der Waals surface area contributed by atoms with E-state index in [9.17, 15) is 13.2 Å². The fourth-order valence-electron chi connectivity index (χ4n) is 2.91. The summed E-state index contributed by atoms with van der Waals surface area (Å²) in [6.07, 6.45) is -4.34. The van der Waals surface area contributed by atoms with Gasteiger partial charge in [0.2, 0.25) is 0 Å². The molecule has 0 spiro atoms. The maximum atomic E-state index is 13.1. The fourth-order valence-corrected chi connectivity index (χ4v) is 2.91. The Morgan fingerprint density at radius 3 is 2.14 bits per heavy atom. The van der Waals surface area contributed by atoms with Gasteiger partial charge in [-0.05, 0) is 57.6 Å². The highest BCUT2D eigenvalue weighted by Crippen LogP contribution is 2.36. The van der Waals surface area contributed by atoms with Crippen molar-refractivity contribution in [3.05, 3.63) is 59.2 Å². The molecular formula is C19H17F3. The summed E-state index contributed by atoms with van der Waals surface area (Å²) in [7, 11) is 0. The third-order valence-corrected chi connectivity index (χ3v) is 4.16. The number of hydrogen-bond donors (Lipinski definition) is 0.